The second kappa shape index (κ2) is 70.6. The fourth-order valence-electron chi connectivity index (χ4n) is 11.5. The van der Waals surface area contributed by atoms with E-state index in [1.165, 1.54) is 186 Å². The van der Waals surface area contributed by atoms with Crippen molar-refractivity contribution in [3.8, 4) is 0 Å². The molecule has 0 rings (SSSR count). The van der Waals surface area contributed by atoms with Crippen molar-refractivity contribution in [1.82, 2.24) is 0 Å². The number of aliphatic hydroxyl groups is 1. The molecule has 0 heterocycles. The van der Waals surface area contributed by atoms with Gasteiger partial charge in [-0.05, 0) is 57.3 Å². The zero-order valence-electron chi connectivity index (χ0n) is 62.7. The van der Waals surface area contributed by atoms with Crippen molar-refractivity contribution in [2.75, 3.05) is 39.6 Å². The zero-order valence-corrected chi connectivity index (χ0v) is 64.5. The van der Waals surface area contributed by atoms with E-state index in [0.29, 0.717) is 25.7 Å². The first-order valence-corrected chi connectivity index (χ1v) is 42.9. The molecule has 17 nitrogen and oxygen atoms in total. The summed E-state index contributed by atoms with van der Waals surface area (Å²) in [6.45, 7) is 7.15. The Morgan fingerprint density at radius 3 is 0.845 bits per heavy atom. The number of aliphatic hydroxyl groups excluding tert-OH is 1. The van der Waals surface area contributed by atoms with Crippen molar-refractivity contribution >= 4 is 39.5 Å². The number of phosphoric ester groups is 2. The molecule has 0 amide bonds. The van der Waals surface area contributed by atoms with Gasteiger partial charge in [-0.1, -0.05) is 335 Å². The molecule has 0 aromatic rings. The molecule has 572 valence electrons. The van der Waals surface area contributed by atoms with E-state index in [1.807, 2.05) is 0 Å². The van der Waals surface area contributed by atoms with Gasteiger partial charge >= 0.3 is 39.5 Å². The average molecular weight is 1420 g/mol. The van der Waals surface area contributed by atoms with Gasteiger partial charge in [0, 0.05) is 25.7 Å². The smallest absolute Gasteiger partial charge is 0.462 e. The largest absolute Gasteiger partial charge is 0.472 e. The van der Waals surface area contributed by atoms with Crippen molar-refractivity contribution in [3.63, 3.8) is 0 Å². The molecule has 2 unspecified atom stereocenters. The van der Waals surface area contributed by atoms with Crippen LogP contribution in [0.15, 0.2) is 24.3 Å². The number of rotatable bonds is 76. The highest BCUT2D eigenvalue weighted by Gasteiger charge is 2.30. The number of esters is 4. The summed E-state index contributed by atoms with van der Waals surface area (Å²) in [4.78, 5) is 72.6. The fourth-order valence-corrected chi connectivity index (χ4v) is 13.1. The second-order valence-corrected chi connectivity index (χ2v) is 30.8. The van der Waals surface area contributed by atoms with Crippen LogP contribution in [-0.2, 0) is 65.4 Å². The lowest BCUT2D eigenvalue weighted by Crippen LogP contribution is -2.30. The number of allylic oxidation sites excluding steroid dienone is 4. The highest BCUT2D eigenvalue weighted by Crippen LogP contribution is 2.45. The summed E-state index contributed by atoms with van der Waals surface area (Å²) in [6, 6.07) is 0. The van der Waals surface area contributed by atoms with E-state index in [4.69, 9.17) is 37.0 Å². The van der Waals surface area contributed by atoms with Crippen LogP contribution in [0.25, 0.3) is 0 Å². The van der Waals surface area contributed by atoms with E-state index in [1.54, 1.807) is 0 Å². The molecule has 0 fully saturated rings. The molecule has 0 aliphatic heterocycles. The maximum absolute atomic E-state index is 13.1. The van der Waals surface area contributed by atoms with Gasteiger partial charge in [-0.3, -0.25) is 37.3 Å². The molecule has 0 aromatic heterocycles. The zero-order chi connectivity index (χ0) is 71.2. The van der Waals surface area contributed by atoms with Gasteiger partial charge in [-0.2, -0.15) is 0 Å². The number of carbonyl (C=O) groups excluding carboxylic acids is 4. The molecule has 5 atom stereocenters. The molecule has 0 aromatic carbocycles. The van der Waals surface area contributed by atoms with Gasteiger partial charge in [0.15, 0.2) is 12.2 Å². The van der Waals surface area contributed by atoms with Crippen LogP contribution in [0.1, 0.15) is 388 Å². The molecule has 97 heavy (non-hydrogen) atoms. The van der Waals surface area contributed by atoms with E-state index in [0.717, 1.165) is 121 Å². The van der Waals surface area contributed by atoms with Gasteiger partial charge in [0.05, 0.1) is 26.4 Å². The fraction of sp³-hybridized carbons (Fsp3) is 0.897. The van der Waals surface area contributed by atoms with Gasteiger partial charge in [0.2, 0.25) is 0 Å². The Kier molecular flexibility index (Phi) is 68.8. The van der Waals surface area contributed by atoms with Crippen molar-refractivity contribution in [3.05, 3.63) is 24.3 Å². The third-order valence-corrected chi connectivity index (χ3v) is 19.6. The molecular formula is C78H148O17P2. The lowest BCUT2D eigenvalue weighted by Gasteiger charge is -2.21. The van der Waals surface area contributed by atoms with E-state index in [2.05, 4.69) is 58.9 Å². The van der Waals surface area contributed by atoms with Gasteiger partial charge in [0.1, 0.15) is 19.3 Å². The van der Waals surface area contributed by atoms with E-state index < -0.39 is 97.5 Å². The monoisotopic (exact) mass is 1420 g/mol. The summed E-state index contributed by atoms with van der Waals surface area (Å²) in [5, 5.41) is 10.6. The van der Waals surface area contributed by atoms with Crippen LogP contribution in [0.2, 0.25) is 0 Å². The van der Waals surface area contributed by atoms with Crippen LogP contribution in [0.4, 0.5) is 0 Å². The van der Waals surface area contributed by atoms with E-state index in [-0.39, 0.29) is 25.7 Å². The van der Waals surface area contributed by atoms with Crippen molar-refractivity contribution in [2.24, 2.45) is 5.92 Å². The van der Waals surface area contributed by atoms with Crippen LogP contribution in [0, 0.1) is 5.92 Å². The van der Waals surface area contributed by atoms with Crippen LogP contribution >= 0.6 is 15.6 Å². The van der Waals surface area contributed by atoms with Crippen LogP contribution in [0.5, 0.6) is 0 Å². The molecule has 0 aliphatic carbocycles. The van der Waals surface area contributed by atoms with Crippen molar-refractivity contribution in [1.29, 1.82) is 0 Å². The maximum atomic E-state index is 13.1. The Balaban J connectivity index is 5.14. The molecule has 19 heteroatoms. The first-order valence-electron chi connectivity index (χ1n) is 40.0. The number of carbonyl (C=O) groups is 4. The third-order valence-electron chi connectivity index (χ3n) is 17.7. The first-order chi connectivity index (χ1) is 47.0. The lowest BCUT2D eigenvalue weighted by molar-refractivity contribution is -0.161. The highest BCUT2D eigenvalue weighted by molar-refractivity contribution is 7.47. The van der Waals surface area contributed by atoms with Crippen LogP contribution in [-0.4, -0.2) is 96.7 Å². The summed E-state index contributed by atoms with van der Waals surface area (Å²) in [7, 11) is -9.91. The number of hydrogen-bond acceptors (Lipinski definition) is 15. The Bertz CT molecular complexity index is 1950. The summed E-state index contributed by atoms with van der Waals surface area (Å²) >= 11 is 0. The Morgan fingerprint density at radius 1 is 0.320 bits per heavy atom. The topological polar surface area (TPSA) is 237 Å². The Morgan fingerprint density at radius 2 is 0.557 bits per heavy atom. The molecular weight excluding hydrogens is 1270 g/mol. The lowest BCUT2D eigenvalue weighted by atomic mass is 10.0. The van der Waals surface area contributed by atoms with Gasteiger partial charge in [-0.25, -0.2) is 9.13 Å². The summed E-state index contributed by atoms with van der Waals surface area (Å²) in [5.74, 6) is -1.38. The van der Waals surface area contributed by atoms with Crippen LogP contribution < -0.4 is 0 Å². The quantitative estimate of drug-likeness (QED) is 0.0169. The number of unbranched alkanes of at least 4 members (excludes halogenated alkanes) is 45. The minimum atomic E-state index is -4.96. The summed E-state index contributed by atoms with van der Waals surface area (Å²) in [6.07, 6.45) is 63.8. The SMILES string of the molecule is CCCCCC/C=C\C=C/CCCCCCCC(=O)OC[C@H](COP(=O)(O)OC[C@@H](O)COP(=O)(O)OC[C@@H](COC(=O)CCCCCCC)OC(=O)CCCCCCCCCCCCCCC(C)C)OC(=O)CCCCCCCCCCCCCCCCCCCCCCCC. The van der Waals surface area contributed by atoms with E-state index >= 15 is 0 Å². The normalized spacial score (nSPS) is 14.1. The molecule has 0 spiro atoms. The highest BCUT2D eigenvalue weighted by atomic mass is 31.2. The Hall–Kier alpha value is -2.46. The van der Waals surface area contributed by atoms with E-state index in [9.17, 15) is 43.2 Å². The summed E-state index contributed by atoms with van der Waals surface area (Å²) in [5.41, 5.74) is 0. The second-order valence-electron chi connectivity index (χ2n) is 27.9. The predicted octanol–water partition coefficient (Wildman–Crippen LogP) is 22.8. The first kappa shape index (κ1) is 94.5. The number of hydrogen-bond donors (Lipinski definition) is 3. The standard InChI is InChI=1S/C78H148O17P2/c1-6-9-12-15-17-19-21-23-25-26-27-28-29-30-31-33-35-40-44-48-53-58-64-78(83)95-74(68-89-76(81)62-57-52-47-43-39-34-32-24-22-20-18-16-13-10-7-2)70-93-97(86,87)91-66-72(79)65-90-96(84,85)92-69-73(67-88-75(80)61-56-50-14-11-8-3)94-77(82)63-59-54-49-45-41-37-36-38-42-46-51-55-60-71(4)5/h20,22,24,32,71-74,79H,6-19,21,23,25-31,33-70H2,1-5H3,(H,84,85)(H,86,87)/b22-20-,32-24-/t72-,73+,74+/m0/s1. The van der Waals surface area contributed by atoms with Crippen molar-refractivity contribution < 1.29 is 80.2 Å². The minimum Gasteiger partial charge on any atom is -0.462 e. The average Bonchev–Trinajstić information content (AvgIpc) is 2.43. The molecule has 0 radical (unpaired) electrons. The molecule has 3 N–H and O–H groups in total. The molecule has 0 aliphatic rings. The minimum absolute atomic E-state index is 0.102. The van der Waals surface area contributed by atoms with Crippen molar-refractivity contribution in [2.45, 2.75) is 406 Å². The van der Waals surface area contributed by atoms with Crippen LogP contribution in [0.3, 0.4) is 0 Å². The number of ether oxygens (including phenoxy) is 4. The third kappa shape index (κ3) is 71.7. The predicted molar refractivity (Wildman–Crippen MR) is 395 cm³/mol. The summed E-state index contributed by atoms with van der Waals surface area (Å²) < 4.78 is 68.3. The molecule has 0 saturated heterocycles. The molecule has 0 bridgehead atoms. The van der Waals surface area contributed by atoms with Gasteiger partial charge < -0.3 is 33.8 Å². The molecule has 0 saturated carbocycles. The Labute approximate surface area is 592 Å². The van der Waals surface area contributed by atoms with Gasteiger partial charge in [0.25, 0.3) is 0 Å². The van der Waals surface area contributed by atoms with Gasteiger partial charge in [-0.15, -0.1) is 0 Å². The maximum Gasteiger partial charge on any atom is 0.472 e. The number of phosphoric acid groups is 2.